The fourth-order valence-corrected chi connectivity index (χ4v) is 3.45. The summed E-state index contributed by atoms with van der Waals surface area (Å²) in [6.07, 6.45) is 2.43. The molecule has 1 aromatic carbocycles. The molecule has 1 saturated heterocycles. The largest absolute Gasteiger partial charge is 0.465 e. The number of carbonyl (C=O) groups is 2. The molecule has 0 atom stereocenters. The minimum Gasteiger partial charge on any atom is -0.465 e. The molecule has 0 radical (unpaired) electrons. The van der Waals surface area contributed by atoms with E-state index >= 15 is 0 Å². The molecular weight excluding hydrogens is 422 g/mol. The Morgan fingerprint density at radius 3 is 2.33 bits per heavy atom. The number of amides is 2. The number of aromatic nitrogens is 2. The van der Waals surface area contributed by atoms with E-state index in [4.69, 9.17) is 15.3 Å². The van der Waals surface area contributed by atoms with Crippen LogP contribution in [0, 0.1) is 11.8 Å². The SMILES string of the molecule is O=C(NO)c1cc(-c2ccc(C#Cc3cccnc3)cc2)nc(N2CCN(C(=O)O)CC2)c1. The lowest BCUT2D eigenvalue weighted by Crippen LogP contribution is -2.48. The van der Waals surface area contributed by atoms with Crippen LogP contribution in [-0.2, 0) is 0 Å². The number of nitrogens with one attached hydrogen (secondary N) is 1. The first-order valence-electron chi connectivity index (χ1n) is 10.3. The molecule has 0 unspecified atom stereocenters. The van der Waals surface area contributed by atoms with E-state index in [9.17, 15) is 9.59 Å². The topological polar surface area (TPSA) is 119 Å². The van der Waals surface area contributed by atoms with Crippen molar-refractivity contribution in [2.75, 3.05) is 31.1 Å². The first-order chi connectivity index (χ1) is 16.0. The molecule has 0 aliphatic carbocycles. The summed E-state index contributed by atoms with van der Waals surface area (Å²) in [5, 5.41) is 18.3. The monoisotopic (exact) mass is 443 g/mol. The Morgan fingerprint density at radius 1 is 0.970 bits per heavy atom. The molecule has 1 fully saturated rings. The second-order valence-corrected chi connectivity index (χ2v) is 7.37. The predicted molar refractivity (Wildman–Crippen MR) is 121 cm³/mol. The van der Waals surface area contributed by atoms with Gasteiger partial charge in [0, 0.05) is 60.8 Å². The lowest BCUT2D eigenvalue weighted by molar-refractivity contribution is 0.0706. The molecule has 3 heterocycles. The summed E-state index contributed by atoms with van der Waals surface area (Å²) < 4.78 is 0. The number of carboxylic acid groups (broad SMARTS) is 1. The van der Waals surface area contributed by atoms with Gasteiger partial charge in [0.05, 0.1) is 5.69 Å². The molecule has 9 nitrogen and oxygen atoms in total. The molecule has 0 spiro atoms. The van der Waals surface area contributed by atoms with Gasteiger partial charge in [0.25, 0.3) is 5.91 Å². The van der Waals surface area contributed by atoms with Gasteiger partial charge in [0.15, 0.2) is 0 Å². The van der Waals surface area contributed by atoms with Crippen molar-refractivity contribution >= 4 is 17.8 Å². The van der Waals surface area contributed by atoms with Gasteiger partial charge in [0.2, 0.25) is 0 Å². The summed E-state index contributed by atoms with van der Waals surface area (Å²) in [5.41, 5.74) is 4.87. The summed E-state index contributed by atoms with van der Waals surface area (Å²) in [5.74, 6) is 6.03. The first-order valence-corrected chi connectivity index (χ1v) is 10.3. The molecule has 33 heavy (non-hydrogen) atoms. The minimum atomic E-state index is -0.955. The average Bonchev–Trinajstić information content (AvgIpc) is 2.87. The second-order valence-electron chi connectivity index (χ2n) is 7.37. The summed E-state index contributed by atoms with van der Waals surface area (Å²) in [7, 11) is 0. The van der Waals surface area contributed by atoms with Gasteiger partial charge in [-0.2, -0.15) is 0 Å². The fraction of sp³-hybridized carbons (Fsp3) is 0.167. The second kappa shape index (κ2) is 9.80. The zero-order chi connectivity index (χ0) is 23.2. The van der Waals surface area contributed by atoms with E-state index in [0.29, 0.717) is 37.7 Å². The highest BCUT2D eigenvalue weighted by Crippen LogP contribution is 2.24. The smallest absolute Gasteiger partial charge is 0.407 e. The van der Waals surface area contributed by atoms with E-state index in [1.807, 2.05) is 41.3 Å². The van der Waals surface area contributed by atoms with Crippen LogP contribution in [-0.4, -0.2) is 63.4 Å². The molecule has 1 aliphatic heterocycles. The molecule has 0 saturated carbocycles. The molecule has 3 N–H and O–H groups in total. The standard InChI is InChI=1S/C24H21N5O4/c30-23(27-33)20-14-21(26-22(15-20)28-10-12-29(13-11-28)24(31)32)19-7-5-17(6-8-19)3-4-18-2-1-9-25-16-18/h1-2,5-9,14-16,33H,10-13H2,(H,27,30)(H,31,32). The van der Waals surface area contributed by atoms with Gasteiger partial charge < -0.3 is 14.9 Å². The predicted octanol–water partition coefficient (Wildman–Crippen LogP) is 2.46. The highest BCUT2D eigenvalue weighted by molar-refractivity contribution is 5.95. The maximum Gasteiger partial charge on any atom is 0.407 e. The lowest BCUT2D eigenvalue weighted by Gasteiger charge is -2.34. The molecule has 2 amide bonds. The van der Waals surface area contributed by atoms with E-state index in [0.717, 1.165) is 16.7 Å². The zero-order valence-electron chi connectivity index (χ0n) is 17.6. The number of rotatable bonds is 3. The highest BCUT2D eigenvalue weighted by Gasteiger charge is 2.22. The van der Waals surface area contributed by atoms with Crippen molar-refractivity contribution in [3.63, 3.8) is 0 Å². The molecule has 166 valence electrons. The van der Waals surface area contributed by atoms with Crippen LogP contribution in [0.2, 0.25) is 0 Å². The maximum absolute atomic E-state index is 12.1. The van der Waals surface area contributed by atoms with Crippen LogP contribution in [0.4, 0.5) is 10.6 Å². The molecule has 3 aromatic rings. The van der Waals surface area contributed by atoms with E-state index in [2.05, 4.69) is 16.8 Å². The van der Waals surface area contributed by atoms with Crippen LogP contribution in [0.3, 0.4) is 0 Å². The number of hydrogen-bond acceptors (Lipinski definition) is 6. The Bertz CT molecular complexity index is 1210. The van der Waals surface area contributed by atoms with Crippen molar-refractivity contribution in [3.05, 3.63) is 77.6 Å². The van der Waals surface area contributed by atoms with Gasteiger partial charge in [-0.15, -0.1) is 0 Å². The number of nitrogens with zero attached hydrogens (tertiary/aromatic N) is 4. The Hall–Kier alpha value is -4.42. The van der Waals surface area contributed by atoms with Crippen molar-refractivity contribution in [1.29, 1.82) is 0 Å². The Kier molecular flexibility index (Phi) is 6.48. The third kappa shape index (κ3) is 5.26. The Labute approximate surface area is 190 Å². The van der Waals surface area contributed by atoms with Crippen LogP contribution in [0.5, 0.6) is 0 Å². The summed E-state index contributed by atoms with van der Waals surface area (Å²) in [6.45, 7) is 1.58. The first kappa shape index (κ1) is 21.8. The summed E-state index contributed by atoms with van der Waals surface area (Å²) >= 11 is 0. The Morgan fingerprint density at radius 2 is 1.70 bits per heavy atom. The van der Waals surface area contributed by atoms with Crippen LogP contribution in [0.15, 0.2) is 60.9 Å². The van der Waals surface area contributed by atoms with Gasteiger partial charge in [-0.3, -0.25) is 15.0 Å². The average molecular weight is 443 g/mol. The van der Waals surface area contributed by atoms with Gasteiger partial charge in [-0.1, -0.05) is 24.0 Å². The van der Waals surface area contributed by atoms with E-state index in [1.54, 1.807) is 30.0 Å². The van der Waals surface area contributed by atoms with Crippen molar-refractivity contribution in [2.24, 2.45) is 0 Å². The summed E-state index contributed by atoms with van der Waals surface area (Å²) in [6, 6.07) is 14.3. The number of benzene rings is 1. The van der Waals surface area contributed by atoms with Crippen molar-refractivity contribution in [3.8, 4) is 23.1 Å². The van der Waals surface area contributed by atoms with Crippen LogP contribution in [0.25, 0.3) is 11.3 Å². The number of pyridine rings is 2. The van der Waals surface area contributed by atoms with E-state index in [-0.39, 0.29) is 5.56 Å². The summed E-state index contributed by atoms with van der Waals surface area (Å²) in [4.78, 5) is 35.3. The maximum atomic E-state index is 12.1. The number of hydrogen-bond donors (Lipinski definition) is 3. The van der Waals surface area contributed by atoms with Gasteiger partial charge in [-0.05, 0) is 36.4 Å². The minimum absolute atomic E-state index is 0.249. The third-order valence-electron chi connectivity index (χ3n) is 5.24. The molecule has 9 heteroatoms. The van der Waals surface area contributed by atoms with Gasteiger partial charge >= 0.3 is 6.09 Å². The van der Waals surface area contributed by atoms with E-state index in [1.165, 1.54) is 4.90 Å². The number of anilines is 1. The third-order valence-corrected chi connectivity index (χ3v) is 5.24. The molecular formula is C24H21N5O4. The van der Waals surface area contributed by atoms with Gasteiger partial charge in [-0.25, -0.2) is 15.3 Å². The molecule has 4 rings (SSSR count). The Balaban J connectivity index is 1.60. The highest BCUT2D eigenvalue weighted by atomic mass is 16.5. The van der Waals surface area contributed by atoms with Crippen molar-refractivity contribution in [2.45, 2.75) is 0 Å². The van der Waals surface area contributed by atoms with Crippen LogP contribution >= 0.6 is 0 Å². The molecule has 0 bridgehead atoms. The fourth-order valence-electron chi connectivity index (χ4n) is 3.45. The number of piperazine rings is 1. The lowest BCUT2D eigenvalue weighted by atomic mass is 10.1. The van der Waals surface area contributed by atoms with Crippen LogP contribution in [0.1, 0.15) is 21.5 Å². The van der Waals surface area contributed by atoms with Crippen molar-refractivity contribution < 1.29 is 19.9 Å². The number of hydroxylamine groups is 1. The molecule has 1 aliphatic rings. The van der Waals surface area contributed by atoms with Crippen molar-refractivity contribution in [1.82, 2.24) is 20.3 Å². The molecule has 2 aromatic heterocycles. The quantitative estimate of drug-likeness (QED) is 0.323. The number of carbonyl (C=O) groups excluding carboxylic acids is 1. The zero-order valence-corrected chi connectivity index (χ0v) is 17.6. The van der Waals surface area contributed by atoms with Gasteiger partial charge in [0.1, 0.15) is 5.82 Å². The van der Waals surface area contributed by atoms with E-state index < -0.39 is 12.0 Å². The normalized spacial score (nSPS) is 13.1. The van der Waals surface area contributed by atoms with Crippen LogP contribution < -0.4 is 10.4 Å².